The van der Waals surface area contributed by atoms with Crippen LogP contribution in [-0.2, 0) is 14.3 Å². The Morgan fingerprint density at radius 1 is 1.20 bits per heavy atom. The molecule has 0 unspecified atom stereocenters. The fourth-order valence-electron chi connectivity index (χ4n) is 2.73. The molecule has 1 amide bonds. The number of carbonyl (C=O) groups excluding carboxylic acids is 2. The van der Waals surface area contributed by atoms with Gasteiger partial charge in [0.25, 0.3) is 0 Å². The Balaban J connectivity index is 1.54. The average Bonchev–Trinajstić information content (AvgIpc) is 3.21. The van der Waals surface area contributed by atoms with Crippen LogP contribution in [0.5, 0.6) is 0 Å². The van der Waals surface area contributed by atoms with E-state index in [1.54, 1.807) is 31.3 Å². The SMILES string of the molecule is CCOC(=O)/C=C/c1ccc(NC(=O)CSc2nccn2-c2cccc(C)c2)cc1. The number of hydrogen-bond acceptors (Lipinski definition) is 5. The molecule has 0 fully saturated rings. The van der Waals surface area contributed by atoms with E-state index >= 15 is 0 Å². The minimum absolute atomic E-state index is 0.117. The lowest BCUT2D eigenvalue weighted by molar-refractivity contribution is -0.137. The molecule has 0 aliphatic rings. The number of esters is 1. The summed E-state index contributed by atoms with van der Waals surface area (Å²) >= 11 is 1.38. The zero-order valence-corrected chi connectivity index (χ0v) is 17.7. The summed E-state index contributed by atoms with van der Waals surface area (Å²) in [6, 6.07) is 15.4. The fraction of sp³-hybridized carbons (Fsp3) is 0.174. The van der Waals surface area contributed by atoms with Gasteiger partial charge in [0.1, 0.15) is 0 Å². The monoisotopic (exact) mass is 421 g/mol. The summed E-state index contributed by atoms with van der Waals surface area (Å²) in [4.78, 5) is 28.1. The number of aromatic nitrogens is 2. The van der Waals surface area contributed by atoms with Gasteiger partial charge < -0.3 is 10.1 Å². The molecule has 0 aliphatic heterocycles. The van der Waals surface area contributed by atoms with Crippen molar-refractivity contribution in [3.63, 3.8) is 0 Å². The number of aryl methyl sites for hydroxylation is 1. The number of imidazole rings is 1. The van der Waals surface area contributed by atoms with Crippen LogP contribution in [0.2, 0.25) is 0 Å². The van der Waals surface area contributed by atoms with Gasteiger partial charge in [0, 0.05) is 29.8 Å². The number of nitrogens with one attached hydrogen (secondary N) is 1. The first-order valence-electron chi connectivity index (χ1n) is 9.53. The fourth-order valence-corrected chi connectivity index (χ4v) is 3.50. The van der Waals surface area contributed by atoms with Crippen LogP contribution in [0.4, 0.5) is 5.69 Å². The highest BCUT2D eigenvalue weighted by Gasteiger charge is 2.09. The average molecular weight is 422 g/mol. The third-order valence-electron chi connectivity index (χ3n) is 4.11. The lowest BCUT2D eigenvalue weighted by atomic mass is 10.2. The van der Waals surface area contributed by atoms with E-state index in [2.05, 4.69) is 16.4 Å². The van der Waals surface area contributed by atoms with Gasteiger partial charge in [-0.05, 0) is 55.3 Å². The van der Waals surface area contributed by atoms with E-state index in [9.17, 15) is 9.59 Å². The van der Waals surface area contributed by atoms with Crippen molar-refractivity contribution in [2.45, 2.75) is 19.0 Å². The first-order valence-corrected chi connectivity index (χ1v) is 10.5. The zero-order chi connectivity index (χ0) is 21.3. The molecule has 30 heavy (non-hydrogen) atoms. The number of amides is 1. The molecule has 1 N–H and O–H groups in total. The summed E-state index contributed by atoms with van der Waals surface area (Å²) < 4.78 is 6.82. The van der Waals surface area contributed by atoms with Gasteiger partial charge in [0.2, 0.25) is 5.91 Å². The number of nitrogens with zero attached hydrogens (tertiary/aromatic N) is 2. The van der Waals surface area contributed by atoms with E-state index < -0.39 is 0 Å². The van der Waals surface area contributed by atoms with Gasteiger partial charge in [-0.15, -0.1) is 0 Å². The van der Waals surface area contributed by atoms with Gasteiger partial charge in [-0.25, -0.2) is 9.78 Å². The van der Waals surface area contributed by atoms with Crippen molar-refractivity contribution in [1.82, 2.24) is 9.55 Å². The van der Waals surface area contributed by atoms with Crippen LogP contribution in [0.15, 0.2) is 72.2 Å². The van der Waals surface area contributed by atoms with Gasteiger partial charge in [-0.3, -0.25) is 9.36 Å². The summed E-state index contributed by atoms with van der Waals surface area (Å²) in [7, 11) is 0. The van der Waals surface area contributed by atoms with Crippen molar-refractivity contribution >= 4 is 35.4 Å². The van der Waals surface area contributed by atoms with Crippen LogP contribution >= 0.6 is 11.8 Å². The molecule has 0 spiro atoms. The number of anilines is 1. The van der Waals surface area contributed by atoms with Crippen LogP contribution in [-0.4, -0.2) is 33.8 Å². The van der Waals surface area contributed by atoms with Crippen LogP contribution in [0.3, 0.4) is 0 Å². The Labute approximate surface area is 180 Å². The topological polar surface area (TPSA) is 73.2 Å². The second-order valence-corrected chi connectivity index (χ2v) is 7.41. The number of rotatable bonds is 8. The number of thioether (sulfide) groups is 1. The summed E-state index contributed by atoms with van der Waals surface area (Å²) in [6.45, 7) is 4.15. The predicted octanol–water partition coefficient (Wildman–Crippen LogP) is 4.49. The van der Waals surface area contributed by atoms with Crippen LogP contribution in [0.25, 0.3) is 11.8 Å². The van der Waals surface area contributed by atoms with Crippen LogP contribution < -0.4 is 5.32 Å². The van der Waals surface area contributed by atoms with Gasteiger partial charge in [-0.2, -0.15) is 0 Å². The summed E-state index contributed by atoms with van der Waals surface area (Å²) in [5, 5.41) is 3.63. The third kappa shape index (κ3) is 6.09. The molecule has 7 heteroatoms. The Hall–Kier alpha value is -3.32. The molecule has 154 valence electrons. The molecular formula is C23H23N3O3S. The largest absolute Gasteiger partial charge is 0.463 e. The van der Waals surface area contributed by atoms with E-state index in [0.29, 0.717) is 12.3 Å². The minimum Gasteiger partial charge on any atom is -0.463 e. The number of carbonyl (C=O) groups is 2. The Bertz CT molecular complexity index is 1040. The number of ether oxygens (including phenoxy) is 1. The van der Waals surface area contributed by atoms with Crippen molar-refractivity contribution < 1.29 is 14.3 Å². The standard InChI is InChI=1S/C23H23N3O3S/c1-3-29-22(28)12-9-18-7-10-19(11-8-18)25-21(27)16-30-23-24-13-14-26(23)20-6-4-5-17(2)15-20/h4-15H,3,16H2,1-2H3,(H,25,27)/b12-9+. The van der Waals surface area contributed by atoms with E-state index in [0.717, 1.165) is 22.0 Å². The Morgan fingerprint density at radius 3 is 2.73 bits per heavy atom. The maximum Gasteiger partial charge on any atom is 0.330 e. The summed E-state index contributed by atoms with van der Waals surface area (Å²) in [5.74, 6) is -0.252. The number of hydrogen-bond donors (Lipinski definition) is 1. The smallest absolute Gasteiger partial charge is 0.330 e. The van der Waals surface area contributed by atoms with Crippen molar-refractivity contribution in [3.05, 3.63) is 78.1 Å². The number of benzene rings is 2. The van der Waals surface area contributed by atoms with E-state index in [1.165, 1.54) is 17.8 Å². The quantitative estimate of drug-likeness (QED) is 0.330. The maximum absolute atomic E-state index is 12.3. The highest BCUT2D eigenvalue weighted by Crippen LogP contribution is 2.21. The molecule has 6 nitrogen and oxygen atoms in total. The van der Waals surface area contributed by atoms with Gasteiger partial charge in [0.15, 0.2) is 5.16 Å². The van der Waals surface area contributed by atoms with Crippen molar-refractivity contribution in [1.29, 1.82) is 0 Å². The van der Waals surface area contributed by atoms with Gasteiger partial charge in [-0.1, -0.05) is 36.0 Å². The molecule has 0 aliphatic carbocycles. The molecule has 0 saturated heterocycles. The lowest BCUT2D eigenvalue weighted by Crippen LogP contribution is -2.14. The van der Waals surface area contributed by atoms with Crippen molar-refractivity contribution in [2.75, 3.05) is 17.7 Å². The Morgan fingerprint density at radius 2 is 2.00 bits per heavy atom. The Kier molecular flexibility index (Phi) is 7.45. The summed E-state index contributed by atoms with van der Waals surface area (Å²) in [5.41, 5.74) is 3.71. The van der Waals surface area contributed by atoms with E-state index in [1.807, 2.05) is 48.0 Å². The normalized spacial score (nSPS) is 10.9. The highest BCUT2D eigenvalue weighted by atomic mass is 32.2. The molecule has 1 heterocycles. The van der Waals surface area contributed by atoms with Crippen LogP contribution in [0.1, 0.15) is 18.1 Å². The first-order chi connectivity index (χ1) is 14.5. The first kappa shape index (κ1) is 21.4. The van der Waals surface area contributed by atoms with Crippen LogP contribution in [0, 0.1) is 6.92 Å². The maximum atomic E-state index is 12.3. The molecule has 3 aromatic rings. The molecule has 1 aromatic heterocycles. The van der Waals surface area contributed by atoms with Crippen molar-refractivity contribution in [2.24, 2.45) is 0 Å². The zero-order valence-electron chi connectivity index (χ0n) is 16.9. The second-order valence-electron chi connectivity index (χ2n) is 6.46. The molecule has 3 rings (SSSR count). The second kappa shape index (κ2) is 10.5. The van der Waals surface area contributed by atoms with Gasteiger partial charge >= 0.3 is 5.97 Å². The molecule has 0 bridgehead atoms. The summed E-state index contributed by atoms with van der Waals surface area (Å²) in [6.07, 6.45) is 6.66. The van der Waals surface area contributed by atoms with Gasteiger partial charge in [0.05, 0.1) is 12.4 Å². The third-order valence-corrected chi connectivity index (χ3v) is 5.08. The van der Waals surface area contributed by atoms with Crippen molar-refractivity contribution in [3.8, 4) is 5.69 Å². The molecule has 0 atom stereocenters. The molecule has 2 aromatic carbocycles. The minimum atomic E-state index is -0.379. The molecular weight excluding hydrogens is 398 g/mol. The van der Waals surface area contributed by atoms with E-state index in [-0.39, 0.29) is 17.6 Å². The predicted molar refractivity (Wildman–Crippen MR) is 120 cm³/mol. The van der Waals surface area contributed by atoms with E-state index in [4.69, 9.17) is 4.74 Å². The molecule has 0 radical (unpaired) electrons. The lowest BCUT2D eigenvalue weighted by Gasteiger charge is -2.09. The highest BCUT2D eigenvalue weighted by molar-refractivity contribution is 7.99. The molecule has 0 saturated carbocycles.